The highest BCUT2D eigenvalue weighted by molar-refractivity contribution is 5.84. The zero-order valence-corrected chi connectivity index (χ0v) is 12.3. The maximum atomic E-state index is 11.7. The average molecular weight is 295 g/mol. The number of benzene rings is 1. The fourth-order valence-corrected chi connectivity index (χ4v) is 1.73. The lowest BCUT2D eigenvalue weighted by Gasteiger charge is -2.14. The predicted molar refractivity (Wildman–Crippen MR) is 77.6 cm³/mol. The number of carboxylic acid groups (broad SMARTS) is 1. The molecule has 0 aliphatic carbocycles. The highest BCUT2D eigenvalue weighted by atomic mass is 16.5. The van der Waals surface area contributed by atoms with Gasteiger partial charge in [-0.15, -0.1) is 0 Å². The molecule has 0 fully saturated rings. The molecule has 2 N–H and O–H groups in total. The second-order valence-corrected chi connectivity index (χ2v) is 4.44. The molecule has 0 saturated heterocycles. The third kappa shape index (κ3) is 6.16. The van der Waals surface area contributed by atoms with Gasteiger partial charge in [0.15, 0.2) is 6.61 Å². The molecule has 0 aliphatic heterocycles. The number of rotatable bonds is 9. The maximum Gasteiger partial charge on any atom is 0.326 e. The van der Waals surface area contributed by atoms with Gasteiger partial charge in [-0.25, -0.2) is 4.79 Å². The van der Waals surface area contributed by atoms with Crippen LogP contribution in [0.1, 0.15) is 26.7 Å². The molecule has 1 aromatic carbocycles. The van der Waals surface area contributed by atoms with Crippen LogP contribution in [-0.2, 0) is 9.59 Å². The molecule has 0 saturated carbocycles. The van der Waals surface area contributed by atoms with Crippen molar-refractivity contribution in [3.05, 3.63) is 24.3 Å². The van der Waals surface area contributed by atoms with Crippen molar-refractivity contribution in [1.82, 2.24) is 5.32 Å². The smallest absolute Gasteiger partial charge is 0.326 e. The van der Waals surface area contributed by atoms with E-state index in [-0.39, 0.29) is 6.61 Å². The quantitative estimate of drug-likeness (QED) is 0.726. The number of hydrogen-bond acceptors (Lipinski definition) is 4. The first-order valence-corrected chi connectivity index (χ1v) is 6.94. The molecule has 0 bridgehead atoms. The fraction of sp³-hybridized carbons (Fsp3) is 0.467. The number of carboxylic acids is 1. The highest BCUT2D eigenvalue weighted by Crippen LogP contribution is 2.17. The molecule has 1 aromatic rings. The van der Waals surface area contributed by atoms with E-state index in [4.69, 9.17) is 14.6 Å². The van der Waals surface area contributed by atoms with Gasteiger partial charge in [-0.3, -0.25) is 4.79 Å². The van der Waals surface area contributed by atoms with Crippen molar-refractivity contribution in [2.75, 3.05) is 13.2 Å². The second-order valence-electron chi connectivity index (χ2n) is 4.44. The average Bonchev–Trinajstić information content (AvgIpc) is 2.46. The van der Waals surface area contributed by atoms with Crippen LogP contribution in [0, 0.1) is 0 Å². The molecule has 0 aliphatic rings. The van der Waals surface area contributed by atoms with Crippen LogP contribution in [0.2, 0.25) is 0 Å². The molecule has 0 aromatic heterocycles. The monoisotopic (exact) mass is 295 g/mol. The van der Waals surface area contributed by atoms with Crippen LogP contribution in [0.4, 0.5) is 0 Å². The van der Waals surface area contributed by atoms with Gasteiger partial charge in [-0.1, -0.05) is 13.3 Å². The zero-order valence-electron chi connectivity index (χ0n) is 12.3. The number of hydrogen-bond donors (Lipinski definition) is 2. The summed E-state index contributed by atoms with van der Waals surface area (Å²) >= 11 is 0. The summed E-state index contributed by atoms with van der Waals surface area (Å²) in [7, 11) is 0. The number of aliphatic carboxylic acids is 1. The van der Waals surface area contributed by atoms with Crippen molar-refractivity contribution in [3.8, 4) is 11.5 Å². The van der Waals surface area contributed by atoms with E-state index < -0.39 is 17.9 Å². The predicted octanol–water partition coefficient (Wildman–Crippen LogP) is 1.83. The number of carbonyl (C=O) groups excluding carboxylic acids is 1. The first kappa shape index (κ1) is 16.8. The summed E-state index contributed by atoms with van der Waals surface area (Å²) in [6.45, 7) is 4.11. The first-order chi connectivity index (χ1) is 10.1. The molecule has 116 valence electrons. The van der Waals surface area contributed by atoms with Gasteiger partial charge in [0.1, 0.15) is 17.5 Å². The topological polar surface area (TPSA) is 84.9 Å². The minimum absolute atomic E-state index is 0.221. The Morgan fingerprint density at radius 1 is 1.14 bits per heavy atom. The van der Waals surface area contributed by atoms with Gasteiger partial charge in [0.05, 0.1) is 6.61 Å². The Labute approximate surface area is 124 Å². The van der Waals surface area contributed by atoms with Gasteiger partial charge in [-0.05, 0) is 37.6 Å². The SMILES string of the molecule is CCCC(NC(=O)COc1ccc(OCC)cc1)C(=O)O. The number of ether oxygens (including phenoxy) is 2. The van der Waals surface area contributed by atoms with E-state index in [2.05, 4.69) is 5.32 Å². The van der Waals surface area contributed by atoms with Crippen LogP contribution in [0.5, 0.6) is 11.5 Å². The van der Waals surface area contributed by atoms with E-state index in [1.54, 1.807) is 24.3 Å². The number of nitrogens with one attached hydrogen (secondary N) is 1. The lowest BCUT2D eigenvalue weighted by Crippen LogP contribution is -2.42. The molecule has 1 atom stereocenters. The standard InChI is InChI=1S/C15H21NO5/c1-3-5-13(15(18)19)16-14(17)10-21-12-8-6-11(7-9-12)20-4-2/h6-9,13H,3-5,10H2,1-2H3,(H,16,17)(H,18,19). The second kappa shape index (κ2) is 8.84. The lowest BCUT2D eigenvalue weighted by molar-refractivity contribution is -0.142. The molecule has 0 spiro atoms. The molecule has 0 radical (unpaired) electrons. The van der Waals surface area contributed by atoms with Crippen LogP contribution >= 0.6 is 0 Å². The largest absolute Gasteiger partial charge is 0.494 e. The van der Waals surface area contributed by atoms with Gasteiger partial charge >= 0.3 is 5.97 Å². The normalized spacial score (nSPS) is 11.5. The van der Waals surface area contributed by atoms with Crippen molar-refractivity contribution in [2.45, 2.75) is 32.7 Å². The Morgan fingerprint density at radius 3 is 2.19 bits per heavy atom. The van der Waals surface area contributed by atoms with E-state index >= 15 is 0 Å². The summed E-state index contributed by atoms with van der Waals surface area (Å²) in [5.74, 6) is -0.241. The molecule has 1 unspecified atom stereocenters. The van der Waals surface area contributed by atoms with Crippen molar-refractivity contribution >= 4 is 11.9 Å². The van der Waals surface area contributed by atoms with E-state index in [9.17, 15) is 9.59 Å². The summed E-state index contributed by atoms with van der Waals surface area (Å²) in [6, 6.07) is 6.01. The number of amides is 1. The van der Waals surface area contributed by atoms with Crippen LogP contribution in [0.25, 0.3) is 0 Å². The van der Waals surface area contributed by atoms with E-state index in [0.717, 1.165) is 5.75 Å². The van der Waals surface area contributed by atoms with Crippen molar-refractivity contribution < 1.29 is 24.2 Å². The summed E-state index contributed by atoms with van der Waals surface area (Å²) < 4.78 is 10.6. The molecule has 0 heterocycles. The molecule has 6 heteroatoms. The van der Waals surface area contributed by atoms with Crippen molar-refractivity contribution in [1.29, 1.82) is 0 Å². The highest BCUT2D eigenvalue weighted by Gasteiger charge is 2.18. The molecule has 1 amide bonds. The summed E-state index contributed by atoms with van der Waals surface area (Å²) in [4.78, 5) is 22.6. The summed E-state index contributed by atoms with van der Waals surface area (Å²) in [5.41, 5.74) is 0. The third-order valence-electron chi connectivity index (χ3n) is 2.72. The molecule has 21 heavy (non-hydrogen) atoms. The van der Waals surface area contributed by atoms with Crippen LogP contribution < -0.4 is 14.8 Å². The minimum atomic E-state index is -1.04. The van der Waals surface area contributed by atoms with Crippen LogP contribution in [0.15, 0.2) is 24.3 Å². The minimum Gasteiger partial charge on any atom is -0.494 e. The molecule has 6 nitrogen and oxygen atoms in total. The molecular weight excluding hydrogens is 274 g/mol. The molecule has 1 rings (SSSR count). The Kier molecular flexibility index (Phi) is 7.08. The van der Waals surface area contributed by atoms with Gasteiger partial charge in [-0.2, -0.15) is 0 Å². The Balaban J connectivity index is 2.43. The van der Waals surface area contributed by atoms with Crippen molar-refractivity contribution in [3.63, 3.8) is 0 Å². The molecular formula is C15H21NO5. The van der Waals surface area contributed by atoms with E-state index in [1.165, 1.54) is 0 Å². The fourth-order valence-electron chi connectivity index (χ4n) is 1.73. The lowest BCUT2D eigenvalue weighted by atomic mass is 10.2. The Hall–Kier alpha value is -2.24. The zero-order chi connectivity index (χ0) is 15.7. The van der Waals surface area contributed by atoms with Gasteiger partial charge in [0.25, 0.3) is 5.91 Å². The Morgan fingerprint density at radius 2 is 1.71 bits per heavy atom. The van der Waals surface area contributed by atoms with Gasteiger partial charge in [0, 0.05) is 0 Å². The maximum absolute atomic E-state index is 11.7. The van der Waals surface area contributed by atoms with E-state index in [0.29, 0.717) is 25.2 Å². The summed E-state index contributed by atoms with van der Waals surface area (Å²) in [6.07, 6.45) is 1.07. The third-order valence-corrected chi connectivity index (χ3v) is 2.72. The van der Waals surface area contributed by atoms with Crippen LogP contribution in [-0.4, -0.2) is 36.2 Å². The first-order valence-electron chi connectivity index (χ1n) is 6.94. The Bertz CT molecular complexity index is 458. The van der Waals surface area contributed by atoms with Crippen molar-refractivity contribution in [2.24, 2.45) is 0 Å². The van der Waals surface area contributed by atoms with Crippen LogP contribution in [0.3, 0.4) is 0 Å². The van der Waals surface area contributed by atoms with Gasteiger partial charge < -0.3 is 19.9 Å². The number of carbonyl (C=O) groups is 2. The van der Waals surface area contributed by atoms with E-state index in [1.807, 2.05) is 13.8 Å². The summed E-state index contributed by atoms with van der Waals surface area (Å²) in [5, 5.41) is 11.4. The van der Waals surface area contributed by atoms with Gasteiger partial charge in [0.2, 0.25) is 0 Å².